The maximum absolute atomic E-state index is 12.2. The van der Waals surface area contributed by atoms with Crippen LogP contribution in [0.15, 0.2) is 53.5 Å². The average Bonchev–Trinajstić information content (AvgIpc) is 2.48. The fourth-order valence-electron chi connectivity index (χ4n) is 1.95. The fourth-order valence-corrected chi connectivity index (χ4v) is 1.95. The highest BCUT2D eigenvalue weighted by atomic mass is 16.6. The number of benzene rings is 1. The molecule has 2 N–H and O–H groups in total. The highest BCUT2D eigenvalue weighted by Gasteiger charge is 2.10. The molecule has 2 aromatic rings. The molecule has 1 aromatic heterocycles. The van der Waals surface area contributed by atoms with E-state index in [1.807, 2.05) is 44.2 Å². The van der Waals surface area contributed by atoms with E-state index in [0.29, 0.717) is 5.69 Å². The minimum Gasteiger partial charge on any atom is -0.351 e. The van der Waals surface area contributed by atoms with E-state index >= 15 is 0 Å². The third-order valence-electron chi connectivity index (χ3n) is 3.06. The quantitative estimate of drug-likeness (QED) is 0.801. The number of aromatic nitrogens is 1. The molecule has 0 aliphatic heterocycles. The summed E-state index contributed by atoms with van der Waals surface area (Å²) in [6.45, 7) is 4.11. The van der Waals surface area contributed by atoms with Crippen LogP contribution < -0.4 is 10.9 Å². The van der Waals surface area contributed by atoms with E-state index in [2.05, 4.69) is 5.32 Å². The van der Waals surface area contributed by atoms with E-state index in [1.165, 1.54) is 0 Å². The second-order valence-corrected chi connectivity index (χ2v) is 5.02. The predicted molar refractivity (Wildman–Crippen MR) is 81.9 cm³/mol. The molecule has 5 nitrogen and oxygen atoms in total. The summed E-state index contributed by atoms with van der Waals surface area (Å²) < 4.78 is 6.87. The minimum atomic E-state index is -1.24. The van der Waals surface area contributed by atoms with Crippen LogP contribution in [-0.4, -0.2) is 16.1 Å². The van der Waals surface area contributed by atoms with E-state index in [9.17, 15) is 9.90 Å². The molecule has 0 bridgehead atoms. The zero-order valence-electron chi connectivity index (χ0n) is 12.2. The topological polar surface area (TPSA) is 63.5 Å². The van der Waals surface area contributed by atoms with Crippen molar-refractivity contribution in [2.75, 3.05) is 5.32 Å². The fraction of sp³-hybridized carbons (Fsp3) is 0.312. The molecule has 0 saturated carbocycles. The summed E-state index contributed by atoms with van der Waals surface area (Å²) in [7, 11) is 0. The SMILES string of the molecule is CC(C)n1cccc(NC(O)OCc2ccccc2)c1=O. The Balaban J connectivity index is 1.98. The number of hydrogen-bond acceptors (Lipinski definition) is 4. The molecule has 112 valence electrons. The first-order valence-corrected chi connectivity index (χ1v) is 6.89. The minimum absolute atomic E-state index is 0.0571. The third-order valence-corrected chi connectivity index (χ3v) is 3.06. The Labute approximate surface area is 123 Å². The smallest absolute Gasteiger partial charge is 0.274 e. The number of hydrogen-bond donors (Lipinski definition) is 2. The number of nitrogens with one attached hydrogen (secondary N) is 1. The highest BCUT2D eigenvalue weighted by Crippen LogP contribution is 2.07. The second kappa shape index (κ2) is 7.06. The Morgan fingerprint density at radius 1 is 1.19 bits per heavy atom. The van der Waals surface area contributed by atoms with Crippen molar-refractivity contribution < 1.29 is 9.84 Å². The van der Waals surface area contributed by atoms with Gasteiger partial charge in [-0.2, -0.15) is 0 Å². The molecule has 1 heterocycles. The van der Waals surface area contributed by atoms with Gasteiger partial charge in [-0.1, -0.05) is 30.3 Å². The van der Waals surface area contributed by atoms with Crippen LogP contribution in [0.1, 0.15) is 25.5 Å². The van der Waals surface area contributed by atoms with Crippen molar-refractivity contribution in [3.63, 3.8) is 0 Å². The molecule has 5 heteroatoms. The summed E-state index contributed by atoms with van der Waals surface area (Å²) in [5.41, 5.74) is 1.08. The lowest BCUT2D eigenvalue weighted by atomic mass is 10.2. The van der Waals surface area contributed by atoms with Crippen molar-refractivity contribution in [2.45, 2.75) is 32.9 Å². The van der Waals surface area contributed by atoms with Crippen LogP contribution in [0, 0.1) is 0 Å². The summed E-state index contributed by atoms with van der Waals surface area (Å²) in [5.74, 6) is 0. The van der Waals surface area contributed by atoms with Gasteiger partial charge < -0.3 is 19.7 Å². The average molecular weight is 288 g/mol. The van der Waals surface area contributed by atoms with Crippen LogP contribution in [0.25, 0.3) is 0 Å². The Kier molecular flexibility index (Phi) is 5.14. The molecular weight excluding hydrogens is 268 g/mol. The molecule has 0 aliphatic rings. The van der Waals surface area contributed by atoms with E-state index < -0.39 is 6.41 Å². The maximum atomic E-state index is 12.2. The monoisotopic (exact) mass is 288 g/mol. The number of ether oxygens (including phenoxy) is 1. The molecular formula is C16H20N2O3. The van der Waals surface area contributed by atoms with Gasteiger partial charge in [-0.25, -0.2) is 0 Å². The number of aliphatic hydroxyl groups is 1. The lowest BCUT2D eigenvalue weighted by molar-refractivity contribution is -0.0872. The van der Waals surface area contributed by atoms with Crippen LogP contribution in [0.2, 0.25) is 0 Å². The molecule has 1 aromatic carbocycles. The molecule has 0 amide bonds. The van der Waals surface area contributed by atoms with Gasteiger partial charge in [-0.3, -0.25) is 4.79 Å². The normalized spacial score (nSPS) is 12.4. The van der Waals surface area contributed by atoms with Crippen molar-refractivity contribution in [3.05, 3.63) is 64.6 Å². The summed E-state index contributed by atoms with van der Waals surface area (Å²) >= 11 is 0. The lowest BCUT2D eigenvalue weighted by Gasteiger charge is -2.16. The van der Waals surface area contributed by atoms with Crippen LogP contribution in [0.3, 0.4) is 0 Å². The van der Waals surface area contributed by atoms with Crippen molar-refractivity contribution >= 4 is 5.69 Å². The molecule has 1 atom stereocenters. The van der Waals surface area contributed by atoms with Gasteiger partial charge in [0.25, 0.3) is 5.56 Å². The summed E-state index contributed by atoms with van der Waals surface area (Å²) in [6, 6.07) is 13.0. The summed E-state index contributed by atoms with van der Waals surface area (Å²) in [5, 5.41) is 12.5. The molecule has 2 rings (SSSR count). The molecule has 1 unspecified atom stereocenters. The Hall–Kier alpha value is -2.11. The Morgan fingerprint density at radius 2 is 1.90 bits per heavy atom. The van der Waals surface area contributed by atoms with Gasteiger partial charge in [0.2, 0.25) is 6.41 Å². The number of aliphatic hydroxyl groups excluding tert-OH is 1. The Morgan fingerprint density at radius 3 is 2.57 bits per heavy atom. The number of rotatable bonds is 6. The standard InChI is InChI=1S/C16H20N2O3/c1-12(2)18-10-6-9-14(15(18)19)17-16(20)21-11-13-7-4-3-5-8-13/h3-10,12,16-17,20H,11H2,1-2H3. The van der Waals surface area contributed by atoms with Crippen LogP contribution in [0.5, 0.6) is 0 Å². The van der Waals surface area contributed by atoms with Gasteiger partial charge in [0, 0.05) is 12.2 Å². The highest BCUT2D eigenvalue weighted by molar-refractivity contribution is 5.40. The van der Waals surface area contributed by atoms with Gasteiger partial charge in [0.1, 0.15) is 5.69 Å². The molecule has 0 spiro atoms. The van der Waals surface area contributed by atoms with Gasteiger partial charge in [-0.15, -0.1) is 0 Å². The van der Waals surface area contributed by atoms with Crippen LogP contribution >= 0.6 is 0 Å². The number of nitrogens with zero attached hydrogens (tertiary/aromatic N) is 1. The number of pyridine rings is 1. The van der Waals surface area contributed by atoms with Gasteiger partial charge in [-0.05, 0) is 31.5 Å². The first-order chi connectivity index (χ1) is 10.1. The van der Waals surface area contributed by atoms with Gasteiger partial charge in [0.05, 0.1) is 6.61 Å². The molecule has 0 radical (unpaired) electrons. The van der Waals surface area contributed by atoms with Gasteiger partial charge >= 0.3 is 0 Å². The van der Waals surface area contributed by atoms with E-state index in [-0.39, 0.29) is 18.2 Å². The van der Waals surface area contributed by atoms with Gasteiger partial charge in [0.15, 0.2) is 0 Å². The van der Waals surface area contributed by atoms with Crippen molar-refractivity contribution in [2.24, 2.45) is 0 Å². The molecule has 0 saturated heterocycles. The lowest BCUT2D eigenvalue weighted by Crippen LogP contribution is -2.30. The zero-order valence-corrected chi connectivity index (χ0v) is 12.2. The summed E-state index contributed by atoms with van der Waals surface area (Å²) in [6.07, 6.45) is 0.482. The molecule has 0 aliphatic carbocycles. The van der Waals surface area contributed by atoms with Crippen LogP contribution in [-0.2, 0) is 11.3 Å². The van der Waals surface area contributed by atoms with Crippen LogP contribution in [0.4, 0.5) is 5.69 Å². The molecule has 21 heavy (non-hydrogen) atoms. The summed E-state index contributed by atoms with van der Waals surface area (Å²) in [4.78, 5) is 12.2. The second-order valence-electron chi connectivity index (χ2n) is 5.02. The van der Waals surface area contributed by atoms with E-state index in [4.69, 9.17) is 4.74 Å². The van der Waals surface area contributed by atoms with Crippen molar-refractivity contribution in [1.82, 2.24) is 4.57 Å². The molecule has 0 fully saturated rings. The number of anilines is 1. The van der Waals surface area contributed by atoms with Crippen molar-refractivity contribution in [1.29, 1.82) is 0 Å². The Bertz CT molecular complexity index is 623. The first-order valence-electron chi connectivity index (χ1n) is 6.89. The predicted octanol–water partition coefficient (Wildman–Crippen LogP) is 2.33. The van der Waals surface area contributed by atoms with E-state index in [1.54, 1.807) is 22.9 Å². The zero-order chi connectivity index (χ0) is 15.2. The largest absolute Gasteiger partial charge is 0.351 e. The maximum Gasteiger partial charge on any atom is 0.274 e. The third kappa shape index (κ3) is 4.18. The van der Waals surface area contributed by atoms with Crippen molar-refractivity contribution in [3.8, 4) is 0 Å². The first kappa shape index (κ1) is 15.3. The van der Waals surface area contributed by atoms with E-state index in [0.717, 1.165) is 5.56 Å².